The smallest absolute Gasteiger partial charge is 0.0755 e. The van der Waals surface area contributed by atoms with Crippen LogP contribution in [0.25, 0.3) is 81.0 Å². The van der Waals surface area contributed by atoms with Gasteiger partial charge in [0.15, 0.2) is 0 Å². The quantitative estimate of drug-likeness (QED) is 0.161. The first-order valence-corrected chi connectivity index (χ1v) is 27.6. The zero-order chi connectivity index (χ0) is 50.4. The van der Waals surface area contributed by atoms with Crippen molar-refractivity contribution < 1.29 is 0 Å². The molecule has 1 unspecified atom stereocenters. The van der Waals surface area contributed by atoms with Crippen molar-refractivity contribution in [1.29, 1.82) is 0 Å². The minimum absolute atomic E-state index is 0.568. The lowest BCUT2D eigenvalue weighted by atomic mass is 9.65. The molecule has 3 heteroatoms. The third-order valence-electron chi connectivity index (χ3n) is 17.5. The van der Waals surface area contributed by atoms with Gasteiger partial charge in [-0.25, -0.2) is 0 Å². The van der Waals surface area contributed by atoms with E-state index in [1.165, 1.54) is 126 Å². The van der Waals surface area contributed by atoms with Crippen LogP contribution in [0.2, 0.25) is 0 Å². The molecule has 2 aliphatic carbocycles. The van der Waals surface area contributed by atoms with Crippen molar-refractivity contribution in [1.82, 2.24) is 4.57 Å². The highest BCUT2D eigenvalue weighted by Gasteiger charge is 2.51. The molecule has 0 N–H and O–H groups in total. The van der Waals surface area contributed by atoms with Gasteiger partial charge in [-0.2, -0.15) is 0 Å². The first kappa shape index (κ1) is 42.8. The number of aromatic nitrogens is 1. The molecule has 12 aromatic carbocycles. The first-order valence-electron chi connectivity index (χ1n) is 26.7. The number of nitrogens with zero attached hydrogens (tertiary/aromatic N) is 2. The molecule has 2 aromatic heterocycles. The zero-order valence-corrected chi connectivity index (χ0v) is 42.7. The summed E-state index contributed by atoms with van der Waals surface area (Å²) in [5.74, 6) is 0. The van der Waals surface area contributed by atoms with Gasteiger partial charge in [0, 0.05) is 48.0 Å². The van der Waals surface area contributed by atoms with E-state index < -0.39 is 10.8 Å². The monoisotopic (exact) mass is 994 g/mol. The Labute approximate surface area is 450 Å². The third kappa shape index (κ3) is 5.63. The summed E-state index contributed by atoms with van der Waals surface area (Å²) in [6.07, 6.45) is 0. The van der Waals surface area contributed by atoms with Gasteiger partial charge in [-0.15, -0.1) is 11.3 Å². The molecule has 0 radical (unpaired) electrons. The molecule has 0 fully saturated rings. The van der Waals surface area contributed by atoms with Crippen LogP contribution in [-0.2, 0) is 10.8 Å². The molecule has 1 spiro atoms. The van der Waals surface area contributed by atoms with E-state index in [-0.39, 0.29) is 0 Å². The fourth-order valence-corrected chi connectivity index (χ4v) is 15.7. The Morgan fingerprint density at radius 3 is 1.56 bits per heavy atom. The molecule has 3 aliphatic rings. The second-order valence-corrected chi connectivity index (χ2v) is 22.1. The number of hydrogen-bond donors (Lipinski definition) is 0. The standard InChI is InChI=1S/C74H46N2S/c1-3-21-48(22-4-1)73(49-23-5-2-6-24-49)62-33-11-7-26-54(62)56-42-40-51(45-66(56)73)75(50-25-17-20-47(44-50)53-30-18-32-61-59-29-10-16-39-70(59)77-72(53)61)52-41-43-57-55-27-8-12-34-63(55)74(67(57)46-52)64-35-13-15-38-69(64)76-68-37-14-9-28-58(68)60-31-19-36-65(74)71(60)76/h1-46H. The lowest BCUT2D eigenvalue weighted by Gasteiger charge is -2.40. The number of para-hydroxylation sites is 3. The minimum Gasteiger partial charge on any atom is -0.310 e. The van der Waals surface area contributed by atoms with Gasteiger partial charge in [-0.1, -0.05) is 224 Å². The Kier molecular flexibility index (Phi) is 8.88. The Hall–Kier alpha value is -9.54. The van der Waals surface area contributed by atoms with Gasteiger partial charge in [-0.05, 0) is 132 Å². The number of fused-ring (bicyclic) bond motifs is 18. The van der Waals surface area contributed by atoms with Crippen LogP contribution in [0.1, 0.15) is 44.5 Å². The van der Waals surface area contributed by atoms with E-state index in [1.54, 1.807) is 0 Å². The largest absolute Gasteiger partial charge is 0.310 e. The summed E-state index contributed by atoms with van der Waals surface area (Å²) in [4.78, 5) is 2.54. The van der Waals surface area contributed by atoms with Crippen LogP contribution in [0, 0.1) is 0 Å². The van der Waals surface area contributed by atoms with E-state index in [0.29, 0.717) is 0 Å². The molecular weight excluding hydrogens is 949 g/mol. The van der Waals surface area contributed by atoms with Gasteiger partial charge in [0.05, 0.1) is 27.6 Å². The Bertz CT molecular complexity index is 4730. The van der Waals surface area contributed by atoms with E-state index in [9.17, 15) is 0 Å². The van der Waals surface area contributed by atoms with Crippen LogP contribution in [0.3, 0.4) is 0 Å². The van der Waals surface area contributed by atoms with Crippen molar-refractivity contribution in [3.05, 3.63) is 324 Å². The highest BCUT2D eigenvalue weighted by atomic mass is 32.1. The molecule has 358 valence electrons. The first-order chi connectivity index (χ1) is 38.2. The van der Waals surface area contributed by atoms with E-state index >= 15 is 0 Å². The normalized spacial score (nSPS) is 15.2. The average Bonchev–Trinajstić information content (AvgIpc) is 3.85. The van der Waals surface area contributed by atoms with E-state index in [4.69, 9.17) is 0 Å². The van der Waals surface area contributed by atoms with Crippen molar-refractivity contribution in [2.45, 2.75) is 10.8 Å². The van der Waals surface area contributed by atoms with E-state index in [1.807, 2.05) is 11.3 Å². The van der Waals surface area contributed by atoms with E-state index in [2.05, 4.69) is 289 Å². The molecule has 17 rings (SSSR count). The molecule has 2 nitrogen and oxygen atoms in total. The van der Waals surface area contributed by atoms with Gasteiger partial charge in [-0.3, -0.25) is 0 Å². The predicted molar refractivity (Wildman–Crippen MR) is 322 cm³/mol. The van der Waals surface area contributed by atoms with Crippen LogP contribution in [0.5, 0.6) is 0 Å². The molecule has 1 aliphatic heterocycles. The maximum Gasteiger partial charge on any atom is 0.0755 e. The lowest BCUT2D eigenvalue weighted by molar-refractivity contribution is 0.748. The third-order valence-corrected chi connectivity index (χ3v) is 18.7. The van der Waals surface area contributed by atoms with Gasteiger partial charge >= 0.3 is 0 Å². The Morgan fingerprint density at radius 2 is 0.818 bits per heavy atom. The summed E-state index contributed by atoms with van der Waals surface area (Å²) < 4.78 is 5.15. The number of benzene rings is 12. The summed E-state index contributed by atoms with van der Waals surface area (Å²) in [5, 5.41) is 5.15. The highest BCUT2D eigenvalue weighted by Crippen LogP contribution is 2.63. The average molecular weight is 995 g/mol. The summed E-state index contributed by atoms with van der Waals surface area (Å²) in [5.41, 5.74) is 23.6. The molecule has 3 heterocycles. The van der Waals surface area contributed by atoms with Gasteiger partial charge < -0.3 is 9.47 Å². The molecule has 0 saturated carbocycles. The highest BCUT2D eigenvalue weighted by molar-refractivity contribution is 7.26. The summed E-state index contributed by atoms with van der Waals surface area (Å²) in [6.45, 7) is 0. The fraction of sp³-hybridized carbons (Fsp3) is 0.0270. The maximum absolute atomic E-state index is 2.55. The number of hydrogen-bond acceptors (Lipinski definition) is 2. The number of thiophene rings is 1. The molecule has 14 aromatic rings. The predicted octanol–water partition coefficient (Wildman–Crippen LogP) is 19.3. The summed E-state index contributed by atoms with van der Waals surface area (Å²) in [7, 11) is 0. The molecule has 0 amide bonds. The number of anilines is 3. The molecule has 77 heavy (non-hydrogen) atoms. The molecule has 0 saturated heterocycles. The van der Waals surface area contributed by atoms with Crippen molar-refractivity contribution in [3.63, 3.8) is 0 Å². The van der Waals surface area contributed by atoms with Gasteiger partial charge in [0.25, 0.3) is 0 Å². The van der Waals surface area contributed by atoms with Crippen LogP contribution in [-0.4, -0.2) is 4.57 Å². The number of rotatable bonds is 6. The van der Waals surface area contributed by atoms with Crippen molar-refractivity contribution >= 4 is 70.4 Å². The second kappa shape index (κ2) is 16.0. The minimum atomic E-state index is -0.609. The second-order valence-electron chi connectivity index (χ2n) is 21.0. The topological polar surface area (TPSA) is 8.17 Å². The summed E-state index contributed by atoms with van der Waals surface area (Å²) in [6, 6.07) is 105. The van der Waals surface area contributed by atoms with E-state index in [0.717, 1.165) is 17.1 Å². The van der Waals surface area contributed by atoms with Gasteiger partial charge in [0.1, 0.15) is 0 Å². The van der Waals surface area contributed by atoms with Crippen LogP contribution in [0.15, 0.2) is 279 Å². The molecule has 1 atom stereocenters. The fourth-order valence-electron chi connectivity index (χ4n) is 14.5. The van der Waals surface area contributed by atoms with Gasteiger partial charge in [0.2, 0.25) is 0 Å². The van der Waals surface area contributed by atoms with Crippen molar-refractivity contribution in [2.24, 2.45) is 0 Å². The molecular formula is C74H46N2S. The summed E-state index contributed by atoms with van der Waals surface area (Å²) >= 11 is 1.89. The van der Waals surface area contributed by atoms with Crippen LogP contribution >= 0.6 is 11.3 Å². The van der Waals surface area contributed by atoms with Crippen LogP contribution < -0.4 is 4.90 Å². The molecule has 0 bridgehead atoms. The van der Waals surface area contributed by atoms with Crippen molar-refractivity contribution in [2.75, 3.05) is 4.90 Å². The van der Waals surface area contributed by atoms with Crippen LogP contribution in [0.4, 0.5) is 17.1 Å². The maximum atomic E-state index is 2.55. The van der Waals surface area contributed by atoms with Crippen molar-refractivity contribution in [3.8, 4) is 39.1 Å². The lowest BCUT2D eigenvalue weighted by Crippen LogP contribution is -2.33. The Morgan fingerprint density at radius 1 is 0.312 bits per heavy atom. The zero-order valence-electron chi connectivity index (χ0n) is 41.9. The Balaban J connectivity index is 0.956. The SMILES string of the molecule is c1ccc(C2(c3ccccc3)c3ccccc3-c3ccc(N(c4cccc(-c5cccc6c5sc5ccccc56)c4)c4ccc5c(c4)C4(c6ccccc6-5)c5ccccc5-n5c6ccccc6c6cccc4c65)cc32)cc1.